The van der Waals surface area contributed by atoms with Crippen molar-refractivity contribution in [2.75, 3.05) is 20.8 Å². The highest BCUT2D eigenvalue weighted by Crippen LogP contribution is 2.43. The quantitative estimate of drug-likeness (QED) is 0.790. The normalized spacial score (nSPS) is 17.9. The van der Waals surface area contributed by atoms with Crippen LogP contribution in [-0.4, -0.2) is 26.8 Å². The average Bonchev–Trinajstić information content (AvgIpc) is 2.46. The van der Waals surface area contributed by atoms with E-state index in [1.807, 2.05) is 6.07 Å². The molecule has 21 heavy (non-hydrogen) atoms. The van der Waals surface area contributed by atoms with Crippen molar-refractivity contribution in [2.24, 2.45) is 5.41 Å². The fourth-order valence-corrected chi connectivity index (χ4v) is 3.16. The molecule has 0 spiro atoms. The van der Waals surface area contributed by atoms with Crippen molar-refractivity contribution in [3.05, 3.63) is 23.8 Å². The lowest BCUT2D eigenvalue weighted by Gasteiger charge is -2.42. The molecule has 118 valence electrons. The summed E-state index contributed by atoms with van der Waals surface area (Å²) in [5.41, 5.74) is 1.86. The number of hydrogen-bond donors (Lipinski definition) is 1. The Bertz CT molecular complexity index is 449. The fourth-order valence-electron chi connectivity index (χ4n) is 3.16. The van der Waals surface area contributed by atoms with Crippen LogP contribution in [0.1, 0.15) is 45.1 Å². The Morgan fingerprint density at radius 1 is 1.19 bits per heavy atom. The van der Waals surface area contributed by atoms with Crippen LogP contribution < -0.4 is 14.8 Å². The minimum absolute atomic E-state index is 0.479. The number of rotatable bonds is 8. The molecule has 0 radical (unpaired) electrons. The molecule has 1 atom stereocenters. The molecule has 3 nitrogen and oxygen atoms in total. The molecule has 0 bridgehead atoms. The Labute approximate surface area is 129 Å². The third-order valence-electron chi connectivity index (χ3n) is 4.98. The fraction of sp³-hybridized carbons (Fsp3) is 0.667. The zero-order valence-electron chi connectivity index (χ0n) is 13.9. The zero-order valence-corrected chi connectivity index (χ0v) is 13.9. The second-order valence-electron chi connectivity index (χ2n) is 6.38. The summed E-state index contributed by atoms with van der Waals surface area (Å²) in [5, 5.41) is 3.72. The van der Waals surface area contributed by atoms with E-state index < -0.39 is 0 Å². The summed E-state index contributed by atoms with van der Waals surface area (Å²) in [6.45, 7) is 5.73. The Hall–Kier alpha value is -1.22. The number of benzene rings is 1. The van der Waals surface area contributed by atoms with Crippen LogP contribution in [0.3, 0.4) is 0 Å². The van der Waals surface area contributed by atoms with E-state index in [1.165, 1.54) is 31.2 Å². The number of nitrogens with one attached hydrogen (secondary N) is 1. The molecule has 1 unspecified atom stereocenters. The van der Waals surface area contributed by atoms with Crippen LogP contribution in [-0.2, 0) is 6.42 Å². The summed E-state index contributed by atoms with van der Waals surface area (Å²) in [6.07, 6.45) is 6.49. The summed E-state index contributed by atoms with van der Waals surface area (Å²) >= 11 is 0. The monoisotopic (exact) mass is 291 g/mol. The Morgan fingerprint density at radius 2 is 1.90 bits per heavy atom. The SMILES string of the molecule is CCC1(CNC(C)Cc2ccc(OC)c(OC)c2)CCC1. The first-order valence-electron chi connectivity index (χ1n) is 8.07. The van der Waals surface area contributed by atoms with Gasteiger partial charge in [0.2, 0.25) is 0 Å². The van der Waals surface area contributed by atoms with E-state index in [-0.39, 0.29) is 0 Å². The molecule has 1 aliphatic rings. The summed E-state index contributed by atoms with van der Waals surface area (Å²) in [6, 6.07) is 6.67. The van der Waals surface area contributed by atoms with Gasteiger partial charge in [-0.3, -0.25) is 0 Å². The van der Waals surface area contributed by atoms with E-state index in [0.29, 0.717) is 11.5 Å². The van der Waals surface area contributed by atoms with Gasteiger partial charge in [-0.25, -0.2) is 0 Å². The van der Waals surface area contributed by atoms with Gasteiger partial charge in [0, 0.05) is 12.6 Å². The van der Waals surface area contributed by atoms with Crippen molar-refractivity contribution in [3.8, 4) is 11.5 Å². The van der Waals surface area contributed by atoms with Gasteiger partial charge in [0.15, 0.2) is 11.5 Å². The third kappa shape index (κ3) is 3.91. The molecule has 1 saturated carbocycles. The molecule has 1 N–H and O–H groups in total. The highest BCUT2D eigenvalue weighted by atomic mass is 16.5. The Kier molecular flexibility index (Phi) is 5.51. The summed E-state index contributed by atoms with van der Waals surface area (Å²) in [7, 11) is 3.36. The van der Waals surface area contributed by atoms with Gasteiger partial charge < -0.3 is 14.8 Å². The zero-order chi connectivity index (χ0) is 15.3. The minimum atomic E-state index is 0.479. The number of hydrogen-bond acceptors (Lipinski definition) is 3. The highest BCUT2D eigenvalue weighted by Gasteiger charge is 2.34. The van der Waals surface area contributed by atoms with Gasteiger partial charge in [0.05, 0.1) is 14.2 Å². The Morgan fingerprint density at radius 3 is 2.43 bits per heavy atom. The van der Waals surface area contributed by atoms with E-state index in [4.69, 9.17) is 9.47 Å². The molecule has 2 rings (SSSR count). The molecule has 0 amide bonds. The number of ether oxygens (including phenoxy) is 2. The van der Waals surface area contributed by atoms with Crippen molar-refractivity contribution < 1.29 is 9.47 Å². The second-order valence-corrected chi connectivity index (χ2v) is 6.38. The van der Waals surface area contributed by atoms with E-state index >= 15 is 0 Å². The summed E-state index contributed by atoms with van der Waals surface area (Å²) < 4.78 is 10.7. The van der Waals surface area contributed by atoms with Crippen molar-refractivity contribution in [3.63, 3.8) is 0 Å². The summed E-state index contributed by atoms with van der Waals surface area (Å²) in [5.74, 6) is 1.60. The largest absolute Gasteiger partial charge is 0.493 e. The van der Waals surface area contributed by atoms with Crippen LogP contribution in [0.4, 0.5) is 0 Å². The smallest absolute Gasteiger partial charge is 0.160 e. The minimum Gasteiger partial charge on any atom is -0.493 e. The van der Waals surface area contributed by atoms with Crippen molar-refractivity contribution in [1.29, 1.82) is 0 Å². The van der Waals surface area contributed by atoms with Gasteiger partial charge in [0.25, 0.3) is 0 Å². The van der Waals surface area contributed by atoms with Crippen LogP contribution >= 0.6 is 0 Å². The summed E-state index contributed by atoms with van der Waals surface area (Å²) in [4.78, 5) is 0. The van der Waals surface area contributed by atoms with Crippen LogP contribution in [0.25, 0.3) is 0 Å². The first kappa shape index (κ1) is 16.2. The predicted molar refractivity (Wildman–Crippen MR) is 87.3 cm³/mol. The predicted octanol–water partition coefficient (Wildman–Crippen LogP) is 3.80. The van der Waals surface area contributed by atoms with Crippen LogP contribution in [0, 0.1) is 5.41 Å². The first-order chi connectivity index (χ1) is 10.1. The van der Waals surface area contributed by atoms with Gasteiger partial charge in [0.1, 0.15) is 0 Å². The van der Waals surface area contributed by atoms with Crippen molar-refractivity contribution in [2.45, 2.75) is 52.0 Å². The molecule has 1 aromatic carbocycles. The van der Waals surface area contributed by atoms with Crippen molar-refractivity contribution in [1.82, 2.24) is 5.32 Å². The lowest BCUT2D eigenvalue weighted by atomic mass is 9.67. The third-order valence-corrected chi connectivity index (χ3v) is 4.98. The standard InChI is InChI=1S/C18H29NO2/c1-5-18(9-6-10-18)13-19-14(2)11-15-7-8-16(20-3)17(12-15)21-4/h7-8,12,14,19H,5-6,9-11,13H2,1-4H3. The van der Waals surface area contributed by atoms with Crippen molar-refractivity contribution >= 4 is 0 Å². The van der Waals surface area contributed by atoms with Crippen LogP contribution in [0.5, 0.6) is 11.5 Å². The van der Waals surface area contributed by atoms with Gasteiger partial charge in [-0.15, -0.1) is 0 Å². The molecule has 1 aromatic rings. The van der Waals surface area contributed by atoms with E-state index in [1.54, 1.807) is 14.2 Å². The maximum Gasteiger partial charge on any atom is 0.160 e. The topological polar surface area (TPSA) is 30.5 Å². The van der Waals surface area contributed by atoms with Crippen LogP contribution in [0.2, 0.25) is 0 Å². The lowest BCUT2D eigenvalue weighted by Crippen LogP contribution is -2.43. The van der Waals surface area contributed by atoms with Gasteiger partial charge in [-0.05, 0) is 55.7 Å². The van der Waals surface area contributed by atoms with E-state index in [2.05, 4.69) is 31.3 Å². The van der Waals surface area contributed by atoms with Gasteiger partial charge >= 0.3 is 0 Å². The molecule has 0 aromatic heterocycles. The highest BCUT2D eigenvalue weighted by molar-refractivity contribution is 5.43. The molecule has 3 heteroatoms. The van der Waals surface area contributed by atoms with Gasteiger partial charge in [-0.2, -0.15) is 0 Å². The first-order valence-corrected chi connectivity index (χ1v) is 8.07. The van der Waals surface area contributed by atoms with Gasteiger partial charge in [-0.1, -0.05) is 19.4 Å². The molecule has 0 aliphatic heterocycles. The van der Waals surface area contributed by atoms with Crippen LogP contribution in [0.15, 0.2) is 18.2 Å². The lowest BCUT2D eigenvalue weighted by molar-refractivity contribution is 0.120. The number of methoxy groups -OCH3 is 2. The molecular weight excluding hydrogens is 262 g/mol. The molecule has 0 saturated heterocycles. The van der Waals surface area contributed by atoms with E-state index in [9.17, 15) is 0 Å². The molecular formula is C18H29NO2. The molecule has 0 heterocycles. The molecule has 1 fully saturated rings. The second kappa shape index (κ2) is 7.17. The van der Waals surface area contributed by atoms with E-state index in [0.717, 1.165) is 24.5 Å². The maximum absolute atomic E-state index is 5.37. The molecule has 1 aliphatic carbocycles. The maximum atomic E-state index is 5.37. The average molecular weight is 291 g/mol. The Balaban J connectivity index is 1.88.